The molecule has 5 nitrogen and oxygen atoms in total. The molecule has 130 valence electrons. The highest BCUT2D eigenvalue weighted by molar-refractivity contribution is 7.89. The van der Waals surface area contributed by atoms with Crippen molar-refractivity contribution in [2.45, 2.75) is 36.1 Å². The van der Waals surface area contributed by atoms with E-state index >= 15 is 0 Å². The molecule has 1 aromatic carbocycles. The Bertz CT molecular complexity index is 649. The summed E-state index contributed by atoms with van der Waals surface area (Å²) < 4.78 is 71.1. The molecule has 2 N–H and O–H groups in total. The number of hydrogen-bond donors (Lipinski definition) is 1. The van der Waals surface area contributed by atoms with Gasteiger partial charge < -0.3 is 10.5 Å². The van der Waals surface area contributed by atoms with Crippen LogP contribution in [-0.4, -0.2) is 45.1 Å². The van der Waals surface area contributed by atoms with Crippen molar-refractivity contribution in [3.63, 3.8) is 0 Å². The van der Waals surface area contributed by atoms with Crippen LogP contribution in [0.1, 0.15) is 18.4 Å². The number of ether oxygens (including phenoxy) is 1. The highest BCUT2D eigenvalue weighted by atomic mass is 32.2. The quantitative estimate of drug-likeness (QED) is 0.897. The summed E-state index contributed by atoms with van der Waals surface area (Å²) in [6, 6.07) is 3.61. The molecule has 1 fully saturated rings. The van der Waals surface area contributed by atoms with Crippen molar-refractivity contribution >= 4 is 10.0 Å². The van der Waals surface area contributed by atoms with Gasteiger partial charge in [0, 0.05) is 26.2 Å². The van der Waals surface area contributed by atoms with Crippen molar-refractivity contribution in [2.24, 2.45) is 5.73 Å². The predicted molar refractivity (Wildman–Crippen MR) is 78.2 cm³/mol. The average Bonchev–Trinajstić information content (AvgIpc) is 2.53. The number of nitrogens with zero attached hydrogens (tertiary/aromatic N) is 1. The third-order valence-corrected chi connectivity index (χ3v) is 6.01. The first-order valence-electron chi connectivity index (χ1n) is 7.12. The van der Waals surface area contributed by atoms with Crippen molar-refractivity contribution in [3.8, 4) is 0 Å². The maximum Gasteiger partial charge on any atom is 0.417 e. The van der Waals surface area contributed by atoms with E-state index in [1.807, 2.05) is 0 Å². The molecule has 0 radical (unpaired) electrons. The second-order valence-electron chi connectivity index (χ2n) is 5.38. The van der Waals surface area contributed by atoms with Crippen LogP contribution in [0.4, 0.5) is 13.2 Å². The number of benzene rings is 1. The van der Waals surface area contributed by atoms with Crippen molar-refractivity contribution in [1.29, 1.82) is 0 Å². The molecule has 0 bridgehead atoms. The number of sulfonamides is 1. The average molecular weight is 352 g/mol. The topological polar surface area (TPSA) is 72.6 Å². The van der Waals surface area contributed by atoms with E-state index in [9.17, 15) is 21.6 Å². The molecule has 0 aromatic heterocycles. The number of methoxy groups -OCH3 is 1. The first-order chi connectivity index (χ1) is 10.7. The summed E-state index contributed by atoms with van der Waals surface area (Å²) in [6.45, 7) is 0.0994. The highest BCUT2D eigenvalue weighted by Crippen LogP contribution is 2.36. The lowest BCUT2D eigenvalue weighted by molar-refractivity contribution is -0.140. The van der Waals surface area contributed by atoms with E-state index in [4.69, 9.17) is 10.5 Å². The van der Waals surface area contributed by atoms with Crippen molar-refractivity contribution < 1.29 is 26.3 Å². The molecule has 0 spiro atoms. The fraction of sp³-hybridized carbons (Fsp3) is 0.571. The molecule has 2 atom stereocenters. The van der Waals surface area contributed by atoms with Gasteiger partial charge in [-0.15, -0.1) is 0 Å². The molecular weight excluding hydrogens is 333 g/mol. The fourth-order valence-corrected chi connectivity index (χ4v) is 4.66. The van der Waals surface area contributed by atoms with Gasteiger partial charge in [-0.3, -0.25) is 0 Å². The standard InChI is InChI=1S/C14H19F3N2O3S/c1-22-11-6-7-19(10(8-11)9-18)23(20,21)13-5-3-2-4-12(13)14(15,16)17/h2-5,10-11H,6-9,18H2,1H3. The summed E-state index contributed by atoms with van der Waals surface area (Å²) in [5, 5.41) is 0. The van der Waals surface area contributed by atoms with Gasteiger partial charge in [-0.25, -0.2) is 8.42 Å². The second-order valence-corrected chi connectivity index (χ2v) is 7.24. The molecule has 1 aliphatic rings. The van der Waals surface area contributed by atoms with Crippen LogP contribution in [0.15, 0.2) is 29.2 Å². The maximum atomic E-state index is 13.1. The summed E-state index contributed by atoms with van der Waals surface area (Å²) in [7, 11) is -2.78. The summed E-state index contributed by atoms with van der Waals surface area (Å²) in [5.74, 6) is 0. The molecular formula is C14H19F3N2O3S. The Morgan fingerprint density at radius 1 is 1.35 bits per heavy atom. The van der Waals surface area contributed by atoms with Gasteiger partial charge in [-0.2, -0.15) is 17.5 Å². The molecule has 1 heterocycles. The first kappa shape index (κ1) is 18.2. The molecule has 1 aromatic rings. The number of nitrogens with two attached hydrogens (primary N) is 1. The minimum absolute atomic E-state index is 0.0211. The molecule has 9 heteroatoms. The molecule has 2 unspecified atom stereocenters. The lowest BCUT2D eigenvalue weighted by atomic mass is 10.0. The van der Waals surface area contributed by atoms with E-state index in [0.717, 1.165) is 16.4 Å². The van der Waals surface area contributed by atoms with Gasteiger partial charge >= 0.3 is 6.18 Å². The number of hydrogen-bond acceptors (Lipinski definition) is 4. The van der Waals surface area contributed by atoms with Crippen LogP contribution in [0, 0.1) is 0 Å². The second kappa shape index (κ2) is 6.76. The van der Waals surface area contributed by atoms with Crippen molar-refractivity contribution in [3.05, 3.63) is 29.8 Å². The molecule has 2 rings (SSSR count). The zero-order valence-electron chi connectivity index (χ0n) is 12.6. The number of rotatable bonds is 4. The third kappa shape index (κ3) is 3.68. The smallest absolute Gasteiger partial charge is 0.381 e. The molecule has 1 saturated heterocycles. The number of halogens is 3. The van der Waals surface area contributed by atoms with E-state index in [2.05, 4.69) is 0 Å². The van der Waals surface area contributed by atoms with Gasteiger partial charge in [0.15, 0.2) is 0 Å². The first-order valence-corrected chi connectivity index (χ1v) is 8.56. The van der Waals surface area contributed by atoms with E-state index in [1.54, 1.807) is 0 Å². The molecule has 0 amide bonds. The SMILES string of the molecule is COC1CCN(S(=O)(=O)c2ccccc2C(F)(F)F)C(CN)C1. The Morgan fingerprint density at radius 2 is 2.00 bits per heavy atom. The Balaban J connectivity index is 2.43. The lowest BCUT2D eigenvalue weighted by Crippen LogP contribution is -2.51. The summed E-state index contributed by atoms with van der Waals surface area (Å²) in [5.41, 5.74) is 4.46. The number of alkyl halides is 3. The minimum atomic E-state index is -4.74. The third-order valence-electron chi connectivity index (χ3n) is 4.00. The van der Waals surface area contributed by atoms with Crippen LogP contribution in [0.5, 0.6) is 0 Å². The Labute approximate surface area is 133 Å². The van der Waals surface area contributed by atoms with Gasteiger partial charge in [0.2, 0.25) is 10.0 Å². The fourth-order valence-electron chi connectivity index (χ4n) is 2.79. The van der Waals surface area contributed by atoms with Crippen LogP contribution in [0.25, 0.3) is 0 Å². The number of piperidine rings is 1. The van der Waals surface area contributed by atoms with Gasteiger partial charge in [0.1, 0.15) is 0 Å². The maximum absolute atomic E-state index is 13.1. The lowest BCUT2D eigenvalue weighted by Gasteiger charge is -2.37. The Kier molecular flexibility index (Phi) is 5.34. The molecule has 23 heavy (non-hydrogen) atoms. The zero-order valence-corrected chi connectivity index (χ0v) is 13.4. The minimum Gasteiger partial charge on any atom is -0.381 e. The Hall–Kier alpha value is -1.16. The normalized spacial score (nSPS) is 23.9. The van der Waals surface area contributed by atoms with Crippen molar-refractivity contribution in [2.75, 3.05) is 20.2 Å². The molecule has 0 saturated carbocycles. The molecule has 0 aliphatic carbocycles. The van der Waals surface area contributed by atoms with Gasteiger partial charge in [0.25, 0.3) is 0 Å². The van der Waals surface area contributed by atoms with E-state index in [-0.39, 0.29) is 19.2 Å². The molecule has 1 aliphatic heterocycles. The van der Waals surface area contributed by atoms with Crippen LogP contribution in [-0.2, 0) is 20.9 Å². The summed E-state index contributed by atoms with van der Waals surface area (Å²) >= 11 is 0. The van der Waals surface area contributed by atoms with Crippen molar-refractivity contribution in [1.82, 2.24) is 4.31 Å². The summed E-state index contributed by atoms with van der Waals surface area (Å²) in [6.07, 6.45) is -4.11. The van der Waals surface area contributed by atoms with Crippen LogP contribution in [0.2, 0.25) is 0 Å². The van der Waals surface area contributed by atoms with E-state index in [0.29, 0.717) is 12.8 Å². The Morgan fingerprint density at radius 3 is 2.57 bits per heavy atom. The predicted octanol–water partition coefficient (Wildman–Crippen LogP) is 1.83. The van der Waals surface area contributed by atoms with Gasteiger partial charge in [-0.05, 0) is 25.0 Å². The van der Waals surface area contributed by atoms with Gasteiger partial charge in [0.05, 0.1) is 16.6 Å². The highest BCUT2D eigenvalue weighted by Gasteiger charge is 2.42. The van der Waals surface area contributed by atoms with E-state index < -0.39 is 32.7 Å². The summed E-state index contributed by atoms with van der Waals surface area (Å²) in [4.78, 5) is -0.734. The largest absolute Gasteiger partial charge is 0.417 e. The van der Waals surface area contributed by atoms with E-state index in [1.165, 1.54) is 19.2 Å². The van der Waals surface area contributed by atoms with Crippen LogP contribution < -0.4 is 5.73 Å². The zero-order chi connectivity index (χ0) is 17.3. The van der Waals surface area contributed by atoms with Crippen LogP contribution >= 0.6 is 0 Å². The van der Waals surface area contributed by atoms with Gasteiger partial charge in [-0.1, -0.05) is 12.1 Å². The van der Waals surface area contributed by atoms with Crippen LogP contribution in [0.3, 0.4) is 0 Å². The monoisotopic (exact) mass is 352 g/mol.